The van der Waals surface area contributed by atoms with E-state index < -0.39 is 53.6 Å². The molecule has 0 spiro atoms. The first-order valence-electron chi connectivity index (χ1n) is 9.55. The van der Waals surface area contributed by atoms with Crippen LogP contribution in [0.15, 0.2) is 47.5 Å². The highest BCUT2D eigenvalue weighted by molar-refractivity contribution is 6.03. The fourth-order valence-corrected chi connectivity index (χ4v) is 3.10. The van der Waals surface area contributed by atoms with Gasteiger partial charge in [0.2, 0.25) is 0 Å². The monoisotopic (exact) mass is 462 g/mol. The number of carbonyl (C=O) groups excluding carboxylic acids is 3. The predicted molar refractivity (Wildman–Crippen MR) is 103 cm³/mol. The fourth-order valence-electron chi connectivity index (χ4n) is 3.10. The van der Waals surface area contributed by atoms with Gasteiger partial charge in [-0.15, -0.1) is 0 Å². The molecular formula is C22H14F4N2O5. The van der Waals surface area contributed by atoms with E-state index in [0.717, 1.165) is 18.2 Å². The molecule has 2 aromatic rings. The summed E-state index contributed by atoms with van der Waals surface area (Å²) in [4.78, 5) is 36.4. The van der Waals surface area contributed by atoms with E-state index in [2.05, 4.69) is 16.4 Å². The largest absolute Gasteiger partial charge is 0.484 e. The Balaban J connectivity index is 1.30. The number of carbonyl (C=O) groups is 3. The van der Waals surface area contributed by atoms with Crippen molar-refractivity contribution in [2.45, 2.75) is 18.9 Å². The summed E-state index contributed by atoms with van der Waals surface area (Å²) in [5.41, 5.74) is 3.20. The molecule has 1 atom stereocenters. The molecule has 0 bridgehead atoms. The molecule has 0 radical (unpaired) electrons. The molecule has 2 aromatic carbocycles. The van der Waals surface area contributed by atoms with Crippen molar-refractivity contribution < 1.29 is 41.4 Å². The lowest BCUT2D eigenvalue weighted by Crippen LogP contribution is -2.43. The lowest BCUT2D eigenvalue weighted by Gasteiger charge is -2.25. The van der Waals surface area contributed by atoms with E-state index in [1.54, 1.807) is 0 Å². The number of amides is 2. The summed E-state index contributed by atoms with van der Waals surface area (Å²) in [6, 6.07) is 4.28. The maximum Gasteiger partial charge on any atom is 0.266 e. The number of benzene rings is 2. The SMILES string of the molecule is O=C(COc1ccc(F)c(F)c1)NC1=C=C(NC(=O)[C@@H]2CC(=O)c3cc(F)c(F)cc3O2)C1. The Bertz CT molecular complexity index is 1250. The van der Waals surface area contributed by atoms with Crippen molar-refractivity contribution in [2.75, 3.05) is 6.61 Å². The van der Waals surface area contributed by atoms with Gasteiger partial charge in [0, 0.05) is 18.6 Å². The number of nitrogens with one attached hydrogen (secondary N) is 2. The molecule has 11 heteroatoms. The molecule has 170 valence electrons. The van der Waals surface area contributed by atoms with E-state index in [0.29, 0.717) is 17.5 Å². The summed E-state index contributed by atoms with van der Waals surface area (Å²) in [5, 5.41) is 4.94. The van der Waals surface area contributed by atoms with Crippen LogP contribution >= 0.6 is 0 Å². The average molecular weight is 462 g/mol. The Morgan fingerprint density at radius 2 is 1.67 bits per heavy atom. The summed E-state index contributed by atoms with van der Waals surface area (Å²) >= 11 is 0. The quantitative estimate of drug-likeness (QED) is 0.509. The van der Waals surface area contributed by atoms with Crippen LogP contribution in [0.2, 0.25) is 0 Å². The van der Waals surface area contributed by atoms with Crippen molar-refractivity contribution in [3.63, 3.8) is 0 Å². The lowest BCUT2D eigenvalue weighted by atomic mass is 9.99. The van der Waals surface area contributed by atoms with Crippen molar-refractivity contribution in [1.29, 1.82) is 0 Å². The second-order valence-electron chi connectivity index (χ2n) is 7.16. The van der Waals surface area contributed by atoms with E-state index in [4.69, 9.17) is 9.47 Å². The third kappa shape index (κ3) is 4.88. The van der Waals surface area contributed by atoms with Crippen molar-refractivity contribution in [3.8, 4) is 11.5 Å². The molecule has 1 aliphatic heterocycles. The standard InChI is InChI=1S/C22H14F4N2O5/c23-14-2-1-12(5-15(14)24)32-9-21(30)27-10-3-11(4-10)28-22(31)20-8-18(29)13-6-16(25)17(26)7-19(13)33-20/h1-2,5-7,20H,3,8-9H2,(H,27,30)(H,28,31)/t20-/m0/s1. The van der Waals surface area contributed by atoms with Crippen LogP contribution in [-0.4, -0.2) is 30.3 Å². The topological polar surface area (TPSA) is 93.7 Å². The zero-order valence-electron chi connectivity index (χ0n) is 16.6. The van der Waals surface area contributed by atoms with Crippen LogP contribution in [0.3, 0.4) is 0 Å². The first-order chi connectivity index (χ1) is 15.7. The highest BCUT2D eigenvalue weighted by Crippen LogP contribution is 2.30. The summed E-state index contributed by atoms with van der Waals surface area (Å²) in [6.07, 6.45) is -1.46. The zero-order chi connectivity index (χ0) is 23.7. The lowest BCUT2D eigenvalue weighted by molar-refractivity contribution is -0.127. The number of Topliss-reactive ketones (excluding diaryl/α,β-unsaturated/α-hetero) is 1. The van der Waals surface area contributed by atoms with Gasteiger partial charge < -0.3 is 20.1 Å². The molecule has 2 N–H and O–H groups in total. The van der Waals surface area contributed by atoms with Crippen LogP contribution in [0.1, 0.15) is 23.2 Å². The van der Waals surface area contributed by atoms with Gasteiger partial charge in [0.15, 0.2) is 41.8 Å². The molecule has 33 heavy (non-hydrogen) atoms. The number of ether oxygens (including phenoxy) is 2. The molecule has 2 amide bonds. The van der Waals surface area contributed by atoms with Crippen LogP contribution in [-0.2, 0) is 9.59 Å². The second kappa shape index (κ2) is 8.79. The number of fused-ring (bicyclic) bond motifs is 1. The molecule has 7 nitrogen and oxygen atoms in total. The van der Waals surface area contributed by atoms with Gasteiger partial charge in [-0.3, -0.25) is 14.4 Å². The van der Waals surface area contributed by atoms with Gasteiger partial charge in [-0.2, -0.15) is 0 Å². The molecule has 1 aliphatic carbocycles. The number of ketones is 1. The Morgan fingerprint density at radius 1 is 1.00 bits per heavy atom. The fraction of sp³-hybridized carbons (Fsp3) is 0.182. The minimum atomic E-state index is -1.24. The molecular weight excluding hydrogens is 448 g/mol. The third-order valence-corrected chi connectivity index (χ3v) is 4.74. The minimum Gasteiger partial charge on any atom is -0.484 e. The van der Waals surface area contributed by atoms with Gasteiger partial charge >= 0.3 is 0 Å². The van der Waals surface area contributed by atoms with Crippen molar-refractivity contribution >= 4 is 17.6 Å². The van der Waals surface area contributed by atoms with Crippen LogP contribution in [0.4, 0.5) is 17.6 Å². The summed E-state index contributed by atoms with van der Waals surface area (Å²) in [6.45, 7) is -0.466. The van der Waals surface area contributed by atoms with Gasteiger partial charge in [0.05, 0.1) is 23.4 Å². The smallest absolute Gasteiger partial charge is 0.266 e. The zero-order valence-corrected chi connectivity index (χ0v) is 16.6. The number of hydrogen-bond acceptors (Lipinski definition) is 5. The van der Waals surface area contributed by atoms with Crippen LogP contribution in [0.25, 0.3) is 0 Å². The Labute approximate surface area is 183 Å². The normalized spacial score (nSPS) is 16.5. The Hall–Kier alpha value is -4.11. The number of rotatable bonds is 6. The van der Waals surface area contributed by atoms with Crippen molar-refractivity contribution in [2.24, 2.45) is 0 Å². The number of hydrogen-bond donors (Lipinski definition) is 2. The van der Waals surface area contributed by atoms with Crippen LogP contribution in [0, 0.1) is 23.3 Å². The van der Waals surface area contributed by atoms with Crippen molar-refractivity contribution in [1.82, 2.24) is 10.6 Å². The van der Waals surface area contributed by atoms with Crippen LogP contribution in [0.5, 0.6) is 11.5 Å². The third-order valence-electron chi connectivity index (χ3n) is 4.74. The molecule has 0 aromatic heterocycles. The van der Waals surface area contributed by atoms with E-state index in [9.17, 15) is 31.9 Å². The highest BCUT2D eigenvalue weighted by atomic mass is 19.2. The van der Waals surface area contributed by atoms with Gasteiger partial charge in [0.25, 0.3) is 11.8 Å². The maximum absolute atomic E-state index is 13.4. The van der Waals surface area contributed by atoms with Crippen LogP contribution < -0.4 is 20.1 Å². The van der Waals surface area contributed by atoms with E-state index in [1.165, 1.54) is 6.07 Å². The van der Waals surface area contributed by atoms with Gasteiger partial charge in [-0.25, -0.2) is 17.6 Å². The maximum atomic E-state index is 13.4. The van der Waals surface area contributed by atoms with Gasteiger partial charge in [-0.05, 0) is 18.2 Å². The summed E-state index contributed by atoms with van der Waals surface area (Å²) in [7, 11) is 0. The van der Waals surface area contributed by atoms with Gasteiger partial charge in [-0.1, -0.05) is 5.73 Å². The van der Waals surface area contributed by atoms with E-state index in [-0.39, 0.29) is 29.9 Å². The highest BCUT2D eigenvalue weighted by Gasteiger charge is 2.33. The molecule has 0 saturated carbocycles. The molecule has 2 aliphatic rings. The first kappa shape index (κ1) is 22.1. The second-order valence-corrected chi connectivity index (χ2v) is 7.16. The molecule has 0 unspecified atom stereocenters. The van der Waals surface area contributed by atoms with Gasteiger partial charge in [0.1, 0.15) is 11.5 Å². The summed E-state index contributed by atoms with van der Waals surface area (Å²) in [5.74, 6) is -6.64. The number of halogens is 4. The first-order valence-corrected chi connectivity index (χ1v) is 9.55. The minimum absolute atomic E-state index is 0.0265. The molecule has 0 saturated heterocycles. The Kier molecular flexibility index (Phi) is 5.89. The average Bonchev–Trinajstić information content (AvgIpc) is 2.74. The van der Waals surface area contributed by atoms with Crippen molar-refractivity contribution in [3.05, 3.63) is 76.3 Å². The molecule has 0 fully saturated rings. The summed E-state index contributed by atoms with van der Waals surface area (Å²) < 4.78 is 63.1. The molecule has 4 rings (SSSR count). The van der Waals surface area contributed by atoms with E-state index >= 15 is 0 Å². The molecule has 1 heterocycles. The Morgan fingerprint density at radius 3 is 2.39 bits per heavy atom. The predicted octanol–water partition coefficient (Wildman–Crippen LogP) is 2.66. The van der Waals surface area contributed by atoms with E-state index in [1.807, 2.05) is 0 Å².